The minimum Gasteiger partial charge on any atom is -0.493 e. The SMILES string of the molecule is CN=C(N)NCCC[C@@H](NC(=O)[C@@H](CCCCNC(=O)OC(C)(C)C)NC(=O)COc1ccc2ccccc2c1-c1c(OCCC(C)C)ccc2ccccc12)C(=O)N[C@@H](CC(C)C)C(=O)OCc1cccc(Cl)c1.S.S. The first-order chi connectivity index (χ1) is 35.8. The van der Waals surface area contributed by atoms with E-state index in [2.05, 4.69) is 45.4 Å². The second kappa shape index (κ2) is 32.4. The lowest BCUT2D eigenvalue weighted by molar-refractivity contribution is -0.150. The monoisotopic (exact) mass is 1120 g/mol. The van der Waals surface area contributed by atoms with Gasteiger partial charge in [-0.2, -0.15) is 27.0 Å². The van der Waals surface area contributed by atoms with Gasteiger partial charge in [0.25, 0.3) is 5.91 Å². The number of nitrogens with two attached hydrogens (primary N) is 1. The van der Waals surface area contributed by atoms with Crippen LogP contribution in [0.3, 0.4) is 0 Å². The highest BCUT2D eigenvalue weighted by atomic mass is 35.5. The fourth-order valence-electron chi connectivity index (χ4n) is 8.27. The number of hydrogen-bond acceptors (Lipinski definition) is 10. The fraction of sp³-hybridized carbons (Fsp3) is 0.448. The Bertz CT molecular complexity index is 2750. The molecule has 5 aromatic carbocycles. The van der Waals surface area contributed by atoms with Gasteiger partial charge < -0.3 is 51.3 Å². The number of alkyl carbamates (subject to hydrolysis) is 1. The maximum absolute atomic E-state index is 14.5. The summed E-state index contributed by atoms with van der Waals surface area (Å²) in [5, 5.41) is 18.6. The highest BCUT2D eigenvalue weighted by Crippen LogP contribution is 2.45. The summed E-state index contributed by atoms with van der Waals surface area (Å²) in [5.41, 5.74) is 7.45. The predicted molar refractivity (Wildman–Crippen MR) is 317 cm³/mol. The Morgan fingerprint density at radius 3 is 1.81 bits per heavy atom. The third-order valence-corrected chi connectivity index (χ3v) is 12.2. The van der Waals surface area contributed by atoms with Gasteiger partial charge in [-0.1, -0.05) is 112 Å². The van der Waals surface area contributed by atoms with Crippen molar-refractivity contribution in [1.29, 1.82) is 0 Å². The van der Waals surface area contributed by atoms with Crippen LogP contribution < -0.4 is 41.8 Å². The normalized spacial score (nSPS) is 12.6. The molecule has 77 heavy (non-hydrogen) atoms. The van der Waals surface area contributed by atoms with E-state index in [1.807, 2.05) is 86.6 Å². The Labute approximate surface area is 473 Å². The van der Waals surface area contributed by atoms with E-state index in [1.54, 1.807) is 52.1 Å². The van der Waals surface area contributed by atoms with Gasteiger partial charge in [0.1, 0.15) is 41.8 Å². The number of fused-ring (bicyclic) bond motifs is 2. The first-order valence-corrected chi connectivity index (χ1v) is 26.2. The summed E-state index contributed by atoms with van der Waals surface area (Å²) in [5.74, 6) is -0.767. The highest BCUT2D eigenvalue weighted by molar-refractivity contribution is 7.59. The molecule has 0 aliphatic rings. The molecule has 0 saturated heterocycles. The largest absolute Gasteiger partial charge is 0.493 e. The number of rotatable bonds is 27. The van der Waals surface area contributed by atoms with Gasteiger partial charge in [-0.3, -0.25) is 19.4 Å². The summed E-state index contributed by atoms with van der Waals surface area (Å²) in [6.45, 7) is 14.0. The van der Waals surface area contributed by atoms with Crippen molar-refractivity contribution < 1.29 is 42.9 Å². The van der Waals surface area contributed by atoms with Crippen LogP contribution in [-0.2, 0) is 35.3 Å². The number of aliphatic imine (C=N–C) groups is 1. The van der Waals surface area contributed by atoms with Crippen molar-refractivity contribution in [1.82, 2.24) is 26.6 Å². The molecule has 0 aliphatic heterocycles. The molecule has 19 heteroatoms. The summed E-state index contributed by atoms with van der Waals surface area (Å²) >= 11 is 6.16. The molecule has 0 spiro atoms. The number of esters is 1. The molecular formula is C58H80ClN7O9S2. The Hall–Kier alpha value is -6.37. The molecule has 0 unspecified atom stereocenters. The zero-order valence-corrected chi connectivity index (χ0v) is 48.4. The molecule has 0 bridgehead atoms. The number of halogens is 1. The van der Waals surface area contributed by atoms with E-state index < -0.39 is 60.1 Å². The summed E-state index contributed by atoms with van der Waals surface area (Å²) in [6, 6.07) is 27.4. The molecule has 0 aliphatic carbocycles. The van der Waals surface area contributed by atoms with E-state index in [4.69, 9.17) is 36.3 Å². The van der Waals surface area contributed by atoms with Gasteiger partial charge >= 0.3 is 12.1 Å². The van der Waals surface area contributed by atoms with Gasteiger partial charge in [-0.25, -0.2) is 9.59 Å². The van der Waals surface area contributed by atoms with E-state index in [0.29, 0.717) is 60.4 Å². The molecule has 7 N–H and O–H groups in total. The van der Waals surface area contributed by atoms with E-state index in [1.165, 1.54) is 0 Å². The maximum Gasteiger partial charge on any atom is 0.407 e. The zero-order valence-electron chi connectivity index (χ0n) is 45.7. The van der Waals surface area contributed by atoms with Crippen LogP contribution in [0.4, 0.5) is 4.79 Å². The van der Waals surface area contributed by atoms with Crippen molar-refractivity contribution in [3.05, 3.63) is 108 Å². The molecular weight excluding hydrogens is 1040 g/mol. The zero-order chi connectivity index (χ0) is 54.5. The van der Waals surface area contributed by atoms with Gasteiger partial charge in [0, 0.05) is 36.3 Å². The smallest absolute Gasteiger partial charge is 0.407 e. The van der Waals surface area contributed by atoms with Crippen molar-refractivity contribution in [2.24, 2.45) is 22.6 Å². The Morgan fingerprint density at radius 1 is 0.649 bits per heavy atom. The molecule has 0 heterocycles. The molecule has 4 amide bonds. The number of amides is 4. The number of hydrogen-bond donors (Lipinski definition) is 6. The summed E-state index contributed by atoms with van der Waals surface area (Å²) in [6.07, 6.45) is 1.97. The number of nitrogens with zero attached hydrogens (tertiary/aromatic N) is 1. The minimum absolute atomic E-state index is 0. The van der Waals surface area contributed by atoms with Crippen molar-refractivity contribution in [3.63, 3.8) is 0 Å². The number of nitrogens with one attached hydrogen (secondary N) is 5. The maximum atomic E-state index is 14.5. The number of carbonyl (C=O) groups is 5. The Morgan fingerprint density at radius 2 is 1.22 bits per heavy atom. The van der Waals surface area contributed by atoms with Crippen LogP contribution in [0.2, 0.25) is 5.02 Å². The van der Waals surface area contributed by atoms with Gasteiger partial charge in [0.2, 0.25) is 11.8 Å². The fourth-order valence-corrected chi connectivity index (χ4v) is 8.49. The molecule has 0 fully saturated rings. The molecule has 0 saturated carbocycles. The topological polar surface area (TPSA) is 221 Å². The number of carbonyl (C=O) groups excluding carboxylic acids is 5. The van der Waals surface area contributed by atoms with Crippen molar-refractivity contribution >= 4 is 95.9 Å². The van der Waals surface area contributed by atoms with Crippen LogP contribution in [0.5, 0.6) is 11.5 Å². The highest BCUT2D eigenvalue weighted by Gasteiger charge is 2.31. The van der Waals surface area contributed by atoms with Crippen LogP contribution in [-0.4, -0.2) is 92.8 Å². The van der Waals surface area contributed by atoms with Crippen LogP contribution in [0.1, 0.15) is 99.0 Å². The number of unbranched alkanes of at least 4 members (excludes halogenated alkanes) is 1. The molecule has 16 nitrogen and oxygen atoms in total. The predicted octanol–water partition coefficient (Wildman–Crippen LogP) is 9.60. The lowest BCUT2D eigenvalue weighted by Gasteiger charge is -2.26. The van der Waals surface area contributed by atoms with Gasteiger partial charge in [0.05, 0.1) is 6.61 Å². The third-order valence-electron chi connectivity index (χ3n) is 12.0. The number of benzene rings is 5. The van der Waals surface area contributed by atoms with Crippen molar-refractivity contribution in [2.45, 2.75) is 124 Å². The van der Waals surface area contributed by atoms with Gasteiger partial charge in [0.15, 0.2) is 12.6 Å². The second-order valence-corrected chi connectivity index (χ2v) is 20.8. The molecule has 5 aromatic rings. The van der Waals surface area contributed by atoms with Gasteiger partial charge in [-0.05, 0) is 129 Å². The lowest BCUT2D eigenvalue weighted by atomic mass is 9.92. The van der Waals surface area contributed by atoms with E-state index >= 15 is 0 Å². The van der Waals surface area contributed by atoms with Gasteiger partial charge in [-0.15, -0.1) is 0 Å². The van der Waals surface area contributed by atoms with Crippen LogP contribution in [0.15, 0.2) is 102 Å². The average Bonchev–Trinajstić information content (AvgIpc) is 3.36. The summed E-state index contributed by atoms with van der Waals surface area (Å²) in [4.78, 5) is 72.9. The molecule has 5 rings (SSSR count). The van der Waals surface area contributed by atoms with E-state index in [9.17, 15) is 24.0 Å². The quantitative estimate of drug-likeness (QED) is 0.0126. The van der Waals surface area contributed by atoms with Crippen molar-refractivity contribution in [2.75, 3.05) is 33.4 Å². The molecule has 3 atom stereocenters. The molecule has 420 valence electrons. The number of ether oxygens (including phenoxy) is 4. The minimum atomic E-state index is -1.16. The molecule has 0 aromatic heterocycles. The third kappa shape index (κ3) is 21.5. The Kier molecular flexibility index (Phi) is 27.3. The van der Waals surface area contributed by atoms with E-state index in [-0.39, 0.29) is 71.3 Å². The van der Waals surface area contributed by atoms with Crippen LogP contribution in [0, 0.1) is 11.8 Å². The summed E-state index contributed by atoms with van der Waals surface area (Å²) < 4.78 is 24.0. The standard InChI is InChI=1S/C58H76ClN7O9.2H2S/c1-37(2)29-32-72-48-27-25-40-18-9-11-21-43(40)51(48)52-44-22-12-10-19-41(44)26-28-49(52)73-36-50(67)64-45(23-13-14-30-63-57(71)75-58(5,6)7)53(68)65-46(24-16-31-62-56(60)61-8)54(69)66-47(33-38(3)4)55(70)74-35-39-17-15-20-42(59)34-39;;/h9-12,15,17-22,25-28,34,37-38,45-47H,13-14,16,23-24,29-33,35-36H2,1-8H3,(H,63,71)(H,64,67)(H,65,68)(H,66,69)(H3,60,61,62);2*1H2/t45-,46-,47+;;/m1../s1. The summed E-state index contributed by atoms with van der Waals surface area (Å²) in [7, 11) is 1.54. The Balaban J connectivity index is 0.00000780. The first kappa shape index (κ1) is 64.9. The number of guanidine groups is 1. The van der Waals surface area contributed by atoms with Crippen LogP contribution >= 0.6 is 38.6 Å². The van der Waals surface area contributed by atoms with Crippen molar-refractivity contribution in [3.8, 4) is 22.6 Å². The first-order valence-electron chi connectivity index (χ1n) is 25.9. The van der Waals surface area contributed by atoms with E-state index in [0.717, 1.165) is 39.1 Å². The lowest BCUT2D eigenvalue weighted by Crippen LogP contribution is -2.56. The van der Waals surface area contributed by atoms with Crippen LogP contribution in [0.25, 0.3) is 32.7 Å². The second-order valence-electron chi connectivity index (χ2n) is 20.4. The molecule has 0 radical (unpaired) electrons. The average molecular weight is 1120 g/mol.